The molecule has 0 spiro atoms. The van der Waals surface area contributed by atoms with Crippen LogP contribution in [0.1, 0.15) is 11.1 Å². The minimum absolute atomic E-state index is 0.205. The van der Waals surface area contributed by atoms with Gasteiger partial charge in [-0.2, -0.15) is 0 Å². The van der Waals surface area contributed by atoms with E-state index in [1.165, 1.54) is 12.1 Å². The summed E-state index contributed by atoms with van der Waals surface area (Å²) in [6.45, 7) is 3.91. The maximum Gasteiger partial charge on any atom is 0.123 e. The Bertz CT molecular complexity index is 492. The molecule has 0 saturated heterocycles. The van der Waals surface area contributed by atoms with Crippen LogP contribution < -0.4 is 0 Å². The Hall–Kier alpha value is -1.70. The van der Waals surface area contributed by atoms with Crippen LogP contribution >= 0.6 is 0 Å². The van der Waals surface area contributed by atoms with Gasteiger partial charge in [0.15, 0.2) is 0 Å². The minimum Gasteiger partial charge on any atom is -0.256 e. The van der Waals surface area contributed by atoms with Gasteiger partial charge in [0.25, 0.3) is 0 Å². The molecule has 1 nitrogen and oxygen atoms in total. The quantitative estimate of drug-likeness (QED) is 0.688. The van der Waals surface area contributed by atoms with Crippen molar-refractivity contribution in [3.63, 3.8) is 0 Å². The molecular formula is C13H12FN. The first-order valence-electron chi connectivity index (χ1n) is 4.86. The fourth-order valence-corrected chi connectivity index (χ4v) is 1.60. The molecule has 1 aromatic heterocycles. The first-order chi connectivity index (χ1) is 7.16. The Labute approximate surface area is 88.6 Å². The molecule has 0 atom stereocenters. The molecule has 0 radical (unpaired) electrons. The zero-order valence-corrected chi connectivity index (χ0v) is 8.79. The van der Waals surface area contributed by atoms with Crippen molar-refractivity contribution in [1.29, 1.82) is 0 Å². The zero-order chi connectivity index (χ0) is 10.8. The highest BCUT2D eigenvalue weighted by Gasteiger charge is 2.03. The number of rotatable bonds is 1. The molecule has 0 fully saturated rings. The fraction of sp³-hybridized carbons (Fsp3) is 0.154. The van der Waals surface area contributed by atoms with E-state index in [9.17, 15) is 4.39 Å². The van der Waals surface area contributed by atoms with E-state index in [0.29, 0.717) is 0 Å². The van der Waals surface area contributed by atoms with E-state index in [1.807, 2.05) is 26.0 Å². The number of benzene rings is 1. The Morgan fingerprint density at radius 1 is 1.07 bits per heavy atom. The summed E-state index contributed by atoms with van der Waals surface area (Å²) in [5.41, 5.74) is 3.95. The number of aromatic nitrogens is 1. The first-order valence-corrected chi connectivity index (χ1v) is 4.86. The average molecular weight is 201 g/mol. The Kier molecular flexibility index (Phi) is 2.50. The van der Waals surface area contributed by atoms with Crippen molar-refractivity contribution in [3.8, 4) is 11.3 Å². The van der Waals surface area contributed by atoms with Crippen molar-refractivity contribution >= 4 is 0 Å². The van der Waals surface area contributed by atoms with Crippen LogP contribution in [0.5, 0.6) is 0 Å². The van der Waals surface area contributed by atoms with Gasteiger partial charge >= 0.3 is 0 Å². The molecule has 0 N–H and O–H groups in total. The second kappa shape index (κ2) is 3.81. The van der Waals surface area contributed by atoms with E-state index in [-0.39, 0.29) is 5.82 Å². The highest BCUT2D eigenvalue weighted by Crippen LogP contribution is 2.22. The molecule has 1 aromatic carbocycles. The van der Waals surface area contributed by atoms with Crippen LogP contribution in [0.4, 0.5) is 4.39 Å². The van der Waals surface area contributed by atoms with Gasteiger partial charge in [-0.05, 0) is 55.3 Å². The Morgan fingerprint density at radius 3 is 2.53 bits per heavy atom. The van der Waals surface area contributed by atoms with Gasteiger partial charge in [0.1, 0.15) is 5.82 Å². The predicted molar refractivity (Wildman–Crippen MR) is 59.1 cm³/mol. The minimum atomic E-state index is -0.205. The summed E-state index contributed by atoms with van der Waals surface area (Å²) in [5.74, 6) is -0.205. The van der Waals surface area contributed by atoms with Crippen molar-refractivity contribution in [2.75, 3.05) is 0 Å². The molecule has 0 unspecified atom stereocenters. The zero-order valence-electron chi connectivity index (χ0n) is 8.79. The van der Waals surface area contributed by atoms with Crippen molar-refractivity contribution in [1.82, 2.24) is 4.98 Å². The molecule has 0 aliphatic carbocycles. The van der Waals surface area contributed by atoms with Crippen LogP contribution in [-0.2, 0) is 0 Å². The van der Waals surface area contributed by atoms with Crippen LogP contribution in [0.3, 0.4) is 0 Å². The molecule has 15 heavy (non-hydrogen) atoms. The van der Waals surface area contributed by atoms with Crippen LogP contribution in [0.2, 0.25) is 0 Å². The molecule has 2 aromatic rings. The van der Waals surface area contributed by atoms with Crippen LogP contribution in [0, 0.1) is 19.7 Å². The molecule has 2 heteroatoms. The van der Waals surface area contributed by atoms with Gasteiger partial charge in [-0.1, -0.05) is 0 Å². The average Bonchev–Trinajstić information content (AvgIpc) is 2.17. The monoisotopic (exact) mass is 201 g/mol. The van der Waals surface area contributed by atoms with Crippen molar-refractivity contribution in [2.45, 2.75) is 13.8 Å². The van der Waals surface area contributed by atoms with Gasteiger partial charge < -0.3 is 0 Å². The maximum absolute atomic E-state index is 12.9. The lowest BCUT2D eigenvalue weighted by Crippen LogP contribution is -1.88. The molecule has 1 heterocycles. The van der Waals surface area contributed by atoms with E-state index < -0.39 is 0 Å². The fourth-order valence-electron chi connectivity index (χ4n) is 1.60. The number of pyridine rings is 1. The number of nitrogens with zero attached hydrogens (tertiary/aromatic N) is 1. The summed E-state index contributed by atoms with van der Waals surface area (Å²) in [5, 5.41) is 0. The van der Waals surface area contributed by atoms with Gasteiger partial charge in [-0.15, -0.1) is 0 Å². The molecule has 0 aliphatic heterocycles. The molecule has 76 valence electrons. The number of hydrogen-bond acceptors (Lipinski definition) is 1. The molecule has 2 rings (SSSR count). The van der Waals surface area contributed by atoms with Crippen LogP contribution in [0.15, 0.2) is 36.5 Å². The van der Waals surface area contributed by atoms with Gasteiger partial charge in [0.2, 0.25) is 0 Å². The van der Waals surface area contributed by atoms with Gasteiger partial charge in [0, 0.05) is 11.8 Å². The lowest BCUT2D eigenvalue weighted by atomic mass is 10.0. The first kappa shape index (κ1) is 9.84. The van der Waals surface area contributed by atoms with E-state index >= 15 is 0 Å². The van der Waals surface area contributed by atoms with E-state index in [1.54, 1.807) is 12.3 Å². The Morgan fingerprint density at radius 2 is 1.87 bits per heavy atom. The third kappa shape index (κ3) is 2.04. The van der Waals surface area contributed by atoms with E-state index in [0.717, 1.165) is 22.4 Å². The standard InChI is InChI=1S/C13H12FN/c1-9-5-6-15-13(7-9)12-4-3-11(14)8-10(12)2/h3-8H,1-2H3. The summed E-state index contributed by atoms with van der Waals surface area (Å²) in [7, 11) is 0. The predicted octanol–water partition coefficient (Wildman–Crippen LogP) is 3.50. The second-order valence-corrected chi connectivity index (χ2v) is 3.68. The summed E-state index contributed by atoms with van der Waals surface area (Å²) >= 11 is 0. The lowest BCUT2D eigenvalue weighted by Gasteiger charge is -2.05. The molecule has 0 amide bonds. The topological polar surface area (TPSA) is 12.9 Å². The van der Waals surface area contributed by atoms with Gasteiger partial charge in [-0.3, -0.25) is 4.98 Å². The van der Waals surface area contributed by atoms with E-state index in [4.69, 9.17) is 0 Å². The third-order valence-corrected chi connectivity index (χ3v) is 2.38. The molecule has 0 bridgehead atoms. The van der Waals surface area contributed by atoms with E-state index in [2.05, 4.69) is 4.98 Å². The number of hydrogen-bond donors (Lipinski definition) is 0. The summed E-state index contributed by atoms with van der Waals surface area (Å²) < 4.78 is 12.9. The van der Waals surface area contributed by atoms with Gasteiger partial charge in [-0.25, -0.2) is 4.39 Å². The third-order valence-electron chi connectivity index (χ3n) is 2.38. The summed E-state index contributed by atoms with van der Waals surface area (Å²) in [4.78, 5) is 4.28. The van der Waals surface area contributed by atoms with Crippen LogP contribution in [-0.4, -0.2) is 4.98 Å². The molecular weight excluding hydrogens is 189 g/mol. The smallest absolute Gasteiger partial charge is 0.123 e. The maximum atomic E-state index is 12.9. The second-order valence-electron chi connectivity index (χ2n) is 3.68. The largest absolute Gasteiger partial charge is 0.256 e. The van der Waals surface area contributed by atoms with Crippen molar-refractivity contribution in [3.05, 3.63) is 53.5 Å². The Balaban J connectivity index is 2.54. The van der Waals surface area contributed by atoms with Gasteiger partial charge in [0.05, 0.1) is 5.69 Å². The number of halogens is 1. The highest BCUT2D eigenvalue weighted by molar-refractivity contribution is 5.63. The van der Waals surface area contributed by atoms with Crippen molar-refractivity contribution in [2.24, 2.45) is 0 Å². The normalized spacial score (nSPS) is 10.3. The molecule has 0 aliphatic rings. The van der Waals surface area contributed by atoms with Crippen molar-refractivity contribution < 1.29 is 4.39 Å². The number of aryl methyl sites for hydroxylation is 2. The highest BCUT2D eigenvalue weighted by atomic mass is 19.1. The summed E-state index contributed by atoms with van der Waals surface area (Å²) in [6.07, 6.45) is 1.77. The molecule has 0 saturated carbocycles. The summed E-state index contributed by atoms with van der Waals surface area (Å²) in [6, 6.07) is 8.71. The van der Waals surface area contributed by atoms with Crippen LogP contribution in [0.25, 0.3) is 11.3 Å². The SMILES string of the molecule is Cc1ccnc(-c2ccc(F)cc2C)c1. The lowest BCUT2D eigenvalue weighted by molar-refractivity contribution is 0.627.